The predicted octanol–water partition coefficient (Wildman–Crippen LogP) is 2.99. The van der Waals surface area contributed by atoms with E-state index in [4.69, 9.17) is 21.4 Å². The van der Waals surface area contributed by atoms with Crippen LogP contribution in [0.5, 0.6) is 5.75 Å². The van der Waals surface area contributed by atoms with Gasteiger partial charge < -0.3 is 14.4 Å². The minimum Gasteiger partial charge on any atom is -0.479 e. The highest BCUT2D eigenvalue weighted by Gasteiger charge is 2.19. The second-order valence-corrected chi connectivity index (χ2v) is 4.15. The Bertz CT molecular complexity index is 600. The number of hydrogen-bond donors (Lipinski definition) is 1. The highest BCUT2D eigenvalue weighted by molar-refractivity contribution is 6.31. The molecule has 2 aromatic rings. The number of carbonyl (C=O) groups is 1. The van der Waals surface area contributed by atoms with Crippen LogP contribution < -0.4 is 4.74 Å². The number of ether oxygens (including phenoxy) is 1. The molecule has 1 aromatic carbocycles. The number of benzene rings is 1. The number of carboxylic acids is 1. The van der Waals surface area contributed by atoms with Crippen molar-refractivity contribution in [2.45, 2.75) is 13.0 Å². The molecule has 0 aliphatic rings. The lowest BCUT2D eigenvalue weighted by molar-refractivity contribution is -0.144. The number of halogens is 2. The summed E-state index contributed by atoms with van der Waals surface area (Å²) in [4.78, 5) is 10.8. The summed E-state index contributed by atoms with van der Waals surface area (Å²) in [5, 5.41) is 12.4. The minimum atomic E-state index is -1.17. The third kappa shape index (κ3) is 2.85. The van der Waals surface area contributed by atoms with Crippen molar-refractivity contribution < 1.29 is 23.6 Å². The first-order valence-corrected chi connectivity index (χ1v) is 5.66. The number of aromatic nitrogens is 1. The van der Waals surface area contributed by atoms with Crippen LogP contribution in [-0.2, 0) is 4.79 Å². The summed E-state index contributed by atoms with van der Waals surface area (Å²) >= 11 is 5.70. The van der Waals surface area contributed by atoms with Crippen molar-refractivity contribution in [3.63, 3.8) is 0 Å². The number of aliphatic carboxylic acids is 1. The fraction of sp³-hybridized carbons (Fsp3) is 0.167. The summed E-state index contributed by atoms with van der Waals surface area (Å²) in [7, 11) is 0. The molecule has 1 aromatic heterocycles. The maximum absolute atomic E-state index is 13.4. The quantitative estimate of drug-likeness (QED) is 0.935. The van der Waals surface area contributed by atoms with Crippen molar-refractivity contribution in [3.8, 4) is 17.0 Å². The van der Waals surface area contributed by atoms with Gasteiger partial charge in [-0.25, -0.2) is 9.18 Å². The van der Waals surface area contributed by atoms with Gasteiger partial charge in [-0.3, -0.25) is 0 Å². The Kier molecular flexibility index (Phi) is 3.71. The molecule has 2 rings (SSSR count). The lowest BCUT2D eigenvalue weighted by Crippen LogP contribution is -2.23. The molecule has 0 bridgehead atoms. The maximum atomic E-state index is 13.4. The largest absolute Gasteiger partial charge is 0.479 e. The van der Waals surface area contributed by atoms with E-state index in [1.807, 2.05) is 0 Å². The van der Waals surface area contributed by atoms with Gasteiger partial charge in [-0.2, -0.15) is 0 Å². The van der Waals surface area contributed by atoms with Gasteiger partial charge in [0, 0.05) is 17.7 Å². The Labute approximate surface area is 112 Å². The molecule has 7 heteroatoms. The Morgan fingerprint density at radius 2 is 2.32 bits per heavy atom. The van der Waals surface area contributed by atoms with Crippen molar-refractivity contribution in [3.05, 3.63) is 35.3 Å². The molecule has 1 heterocycles. The van der Waals surface area contributed by atoms with E-state index in [-0.39, 0.29) is 10.8 Å². The molecular formula is C12H9ClFNO4. The zero-order valence-electron chi connectivity index (χ0n) is 9.76. The van der Waals surface area contributed by atoms with Crippen LogP contribution in [0.3, 0.4) is 0 Å². The van der Waals surface area contributed by atoms with Crippen LogP contribution in [0.2, 0.25) is 5.02 Å². The summed E-state index contributed by atoms with van der Waals surface area (Å²) in [6.45, 7) is 1.33. The Morgan fingerprint density at radius 1 is 1.58 bits per heavy atom. The van der Waals surface area contributed by atoms with Crippen molar-refractivity contribution in [2.75, 3.05) is 0 Å². The van der Waals surface area contributed by atoms with Crippen molar-refractivity contribution >= 4 is 17.6 Å². The number of nitrogens with zero attached hydrogens (tertiary/aromatic N) is 1. The van der Waals surface area contributed by atoms with E-state index in [9.17, 15) is 9.18 Å². The van der Waals surface area contributed by atoms with Crippen LogP contribution in [0.15, 0.2) is 29.0 Å². The molecule has 5 nitrogen and oxygen atoms in total. The van der Waals surface area contributed by atoms with E-state index in [2.05, 4.69) is 9.68 Å². The van der Waals surface area contributed by atoms with Gasteiger partial charge >= 0.3 is 5.97 Å². The number of rotatable bonds is 4. The second kappa shape index (κ2) is 5.27. The summed E-state index contributed by atoms with van der Waals surface area (Å²) in [5.74, 6) is -1.84. The molecule has 0 radical (unpaired) electrons. The summed E-state index contributed by atoms with van der Waals surface area (Å²) in [6.07, 6.45) is 0.197. The lowest BCUT2D eigenvalue weighted by atomic mass is 10.1. The Morgan fingerprint density at radius 3 is 2.89 bits per heavy atom. The summed E-state index contributed by atoms with van der Waals surface area (Å²) in [5.41, 5.74) is 0.725. The zero-order chi connectivity index (χ0) is 14.0. The van der Waals surface area contributed by atoms with Gasteiger partial charge in [0.15, 0.2) is 6.10 Å². The average molecular weight is 286 g/mol. The fourth-order valence-corrected chi connectivity index (χ4v) is 1.58. The number of carboxylic acid groups (broad SMARTS) is 1. The molecule has 100 valence electrons. The molecule has 19 heavy (non-hydrogen) atoms. The molecular weight excluding hydrogens is 277 g/mol. The van der Waals surface area contributed by atoms with Crippen molar-refractivity contribution in [1.29, 1.82) is 0 Å². The molecule has 0 saturated heterocycles. The van der Waals surface area contributed by atoms with Crippen LogP contribution in [0, 0.1) is 5.82 Å². The van der Waals surface area contributed by atoms with E-state index in [1.54, 1.807) is 0 Å². The third-order valence-electron chi connectivity index (χ3n) is 2.39. The normalized spacial score (nSPS) is 12.2. The molecule has 1 N–H and O–H groups in total. The SMILES string of the molecule is C[C@H](Oc1cc(F)c(Cl)cc1-c1ccon1)C(=O)O. The van der Waals surface area contributed by atoms with Crippen molar-refractivity contribution in [1.82, 2.24) is 5.16 Å². The molecule has 1 atom stereocenters. The van der Waals surface area contributed by atoms with E-state index in [0.717, 1.165) is 6.07 Å². The first kappa shape index (κ1) is 13.4. The fourth-order valence-electron chi connectivity index (χ4n) is 1.42. The Balaban J connectivity index is 2.46. The van der Waals surface area contributed by atoms with Gasteiger partial charge in [0.25, 0.3) is 0 Å². The molecule has 0 fully saturated rings. The highest BCUT2D eigenvalue weighted by atomic mass is 35.5. The Hall–Kier alpha value is -2.08. The van der Waals surface area contributed by atoms with E-state index < -0.39 is 17.9 Å². The summed E-state index contributed by atoms with van der Waals surface area (Å²) in [6, 6.07) is 3.85. The van der Waals surface area contributed by atoms with Gasteiger partial charge in [0.2, 0.25) is 0 Å². The van der Waals surface area contributed by atoms with Crippen LogP contribution in [-0.4, -0.2) is 22.3 Å². The van der Waals surface area contributed by atoms with Crippen LogP contribution in [0.1, 0.15) is 6.92 Å². The monoisotopic (exact) mass is 285 g/mol. The predicted molar refractivity (Wildman–Crippen MR) is 64.6 cm³/mol. The minimum absolute atomic E-state index is 0.0331. The maximum Gasteiger partial charge on any atom is 0.344 e. The number of hydrogen-bond acceptors (Lipinski definition) is 4. The molecule has 0 amide bonds. The topological polar surface area (TPSA) is 72.6 Å². The standard InChI is InChI=1S/C12H9ClFNO4/c1-6(12(16)17)19-11-5-9(14)8(13)4-7(11)10-2-3-18-15-10/h2-6H,1H3,(H,16,17)/t6-/m0/s1. The van der Waals surface area contributed by atoms with Gasteiger partial charge in [0.05, 0.1) is 5.02 Å². The summed E-state index contributed by atoms with van der Waals surface area (Å²) < 4.78 is 23.3. The van der Waals surface area contributed by atoms with Gasteiger partial charge in [-0.05, 0) is 13.0 Å². The van der Waals surface area contributed by atoms with Gasteiger partial charge in [-0.1, -0.05) is 16.8 Å². The second-order valence-electron chi connectivity index (χ2n) is 3.75. The molecule has 0 saturated carbocycles. The third-order valence-corrected chi connectivity index (χ3v) is 2.68. The van der Waals surface area contributed by atoms with Crippen LogP contribution >= 0.6 is 11.6 Å². The first-order valence-electron chi connectivity index (χ1n) is 5.28. The molecule has 0 unspecified atom stereocenters. The van der Waals surface area contributed by atoms with E-state index in [1.165, 1.54) is 25.3 Å². The van der Waals surface area contributed by atoms with Gasteiger partial charge in [-0.15, -0.1) is 0 Å². The molecule has 0 aliphatic carbocycles. The lowest BCUT2D eigenvalue weighted by Gasteiger charge is -2.14. The van der Waals surface area contributed by atoms with E-state index >= 15 is 0 Å². The van der Waals surface area contributed by atoms with Crippen LogP contribution in [0.4, 0.5) is 4.39 Å². The average Bonchev–Trinajstić information content (AvgIpc) is 2.86. The van der Waals surface area contributed by atoms with E-state index in [0.29, 0.717) is 11.3 Å². The molecule has 0 aliphatic heterocycles. The zero-order valence-corrected chi connectivity index (χ0v) is 10.5. The van der Waals surface area contributed by atoms with Crippen molar-refractivity contribution in [2.24, 2.45) is 0 Å². The highest BCUT2D eigenvalue weighted by Crippen LogP contribution is 2.34. The first-order chi connectivity index (χ1) is 8.99. The molecule has 0 spiro atoms. The smallest absolute Gasteiger partial charge is 0.344 e. The van der Waals surface area contributed by atoms with Crippen LogP contribution in [0.25, 0.3) is 11.3 Å². The van der Waals surface area contributed by atoms with Gasteiger partial charge in [0.1, 0.15) is 23.5 Å².